The molecule has 0 aliphatic carbocycles. The third-order valence-electron chi connectivity index (χ3n) is 3.06. The molecular weight excluding hydrogens is 236 g/mol. The van der Waals surface area contributed by atoms with Crippen LogP contribution in [0.25, 0.3) is 0 Å². The van der Waals surface area contributed by atoms with E-state index in [0.717, 1.165) is 12.2 Å². The monoisotopic (exact) mass is 260 g/mol. The number of nitrogens with two attached hydrogens (primary N) is 1. The fraction of sp³-hybridized carbons (Fsp3) is 0.562. The van der Waals surface area contributed by atoms with E-state index in [1.54, 1.807) is 6.92 Å². The number of rotatable bonds is 5. The van der Waals surface area contributed by atoms with Gasteiger partial charge >= 0.3 is 0 Å². The summed E-state index contributed by atoms with van der Waals surface area (Å²) in [5.74, 6) is 0.878. The van der Waals surface area contributed by atoms with Gasteiger partial charge in [-0.1, -0.05) is 32.9 Å². The van der Waals surface area contributed by atoms with Crippen LogP contribution in [0, 0.1) is 11.3 Å². The lowest BCUT2D eigenvalue weighted by Crippen LogP contribution is -2.34. The smallest absolute Gasteiger partial charge is 0.119 e. The molecule has 0 radical (unpaired) electrons. The molecule has 0 aliphatic heterocycles. The van der Waals surface area contributed by atoms with Gasteiger partial charge in [-0.2, -0.15) is 5.26 Å². The van der Waals surface area contributed by atoms with Crippen LogP contribution < -0.4 is 10.5 Å². The average Bonchev–Trinajstić information content (AvgIpc) is 2.34. The predicted octanol–water partition coefficient (Wildman–Crippen LogP) is 3.38. The SMILES string of the molecule is CC(N)(C#N)CCCOc1cccc(C(C)(C)C)c1. The molecule has 0 saturated heterocycles. The first-order chi connectivity index (χ1) is 8.74. The second kappa shape index (κ2) is 6.08. The molecule has 104 valence electrons. The summed E-state index contributed by atoms with van der Waals surface area (Å²) >= 11 is 0. The number of benzene rings is 1. The Balaban J connectivity index is 2.49. The minimum atomic E-state index is -0.753. The van der Waals surface area contributed by atoms with Crippen molar-refractivity contribution in [3.8, 4) is 11.8 Å². The quantitative estimate of drug-likeness (QED) is 0.826. The minimum Gasteiger partial charge on any atom is -0.494 e. The minimum absolute atomic E-state index is 0.121. The fourth-order valence-electron chi connectivity index (χ4n) is 1.74. The Kier molecular flexibility index (Phi) is 4.97. The maximum Gasteiger partial charge on any atom is 0.119 e. The molecule has 1 unspecified atom stereocenters. The first-order valence-corrected chi connectivity index (χ1v) is 6.68. The van der Waals surface area contributed by atoms with E-state index in [-0.39, 0.29) is 5.41 Å². The number of nitrogens with zero attached hydrogens (tertiary/aromatic N) is 1. The van der Waals surface area contributed by atoms with E-state index in [9.17, 15) is 0 Å². The molecule has 19 heavy (non-hydrogen) atoms. The molecule has 1 rings (SSSR count). The van der Waals surface area contributed by atoms with E-state index in [2.05, 4.69) is 39.0 Å². The van der Waals surface area contributed by atoms with Gasteiger partial charge in [-0.15, -0.1) is 0 Å². The molecule has 0 saturated carbocycles. The first kappa shape index (κ1) is 15.5. The maximum atomic E-state index is 8.82. The lowest BCUT2D eigenvalue weighted by atomic mass is 9.87. The Bertz CT molecular complexity index is 453. The molecule has 3 nitrogen and oxygen atoms in total. The van der Waals surface area contributed by atoms with Crippen LogP contribution in [0.2, 0.25) is 0 Å². The van der Waals surface area contributed by atoms with Crippen molar-refractivity contribution in [3.05, 3.63) is 29.8 Å². The van der Waals surface area contributed by atoms with Gasteiger partial charge in [-0.3, -0.25) is 0 Å². The Labute approximate surface area is 116 Å². The van der Waals surface area contributed by atoms with Crippen LogP contribution in [0.15, 0.2) is 24.3 Å². The highest BCUT2D eigenvalue weighted by Gasteiger charge is 2.16. The predicted molar refractivity (Wildman–Crippen MR) is 78.1 cm³/mol. The summed E-state index contributed by atoms with van der Waals surface area (Å²) in [7, 11) is 0. The molecule has 1 aromatic rings. The molecule has 0 heterocycles. The summed E-state index contributed by atoms with van der Waals surface area (Å²) in [6.07, 6.45) is 1.42. The highest BCUT2D eigenvalue weighted by molar-refractivity contribution is 5.32. The van der Waals surface area contributed by atoms with Crippen LogP contribution in [-0.2, 0) is 5.41 Å². The second-order valence-corrected chi connectivity index (χ2v) is 6.26. The lowest BCUT2D eigenvalue weighted by Gasteiger charge is -2.20. The van der Waals surface area contributed by atoms with Gasteiger partial charge in [0.2, 0.25) is 0 Å². The molecule has 2 N–H and O–H groups in total. The summed E-state index contributed by atoms with van der Waals surface area (Å²) in [4.78, 5) is 0. The molecule has 1 aromatic carbocycles. The van der Waals surface area contributed by atoms with Gasteiger partial charge < -0.3 is 10.5 Å². The number of ether oxygens (including phenoxy) is 1. The van der Waals surface area contributed by atoms with Crippen LogP contribution >= 0.6 is 0 Å². The Morgan fingerprint density at radius 2 is 1.95 bits per heavy atom. The van der Waals surface area contributed by atoms with Crippen molar-refractivity contribution in [2.75, 3.05) is 6.61 Å². The van der Waals surface area contributed by atoms with E-state index >= 15 is 0 Å². The molecule has 0 amide bonds. The van der Waals surface area contributed by atoms with Crippen LogP contribution in [0.5, 0.6) is 5.75 Å². The standard InChI is InChI=1S/C16H24N2O/c1-15(2,3)13-7-5-8-14(11-13)19-10-6-9-16(4,18)12-17/h5,7-8,11H,6,9-10,18H2,1-4H3. The number of hydrogen-bond donors (Lipinski definition) is 1. The Hall–Kier alpha value is -1.53. The zero-order chi connectivity index (χ0) is 14.5. The molecule has 3 heteroatoms. The van der Waals surface area contributed by atoms with Gasteiger partial charge in [0.05, 0.1) is 12.7 Å². The largest absolute Gasteiger partial charge is 0.494 e. The third kappa shape index (κ3) is 5.32. The van der Waals surface area contributed by atoms with E-state index < -0.39 is 5.54 Å². The van der Waals surface area contributed by atoms with E-state index in [0.29, 0.717) is 13.0 Å². The molecule has 0 fully saturated rings. The average molecular weight is 260 g/mol. The second-order valence-electron chi connectivity index (χ2n) is 6.26. The van der Waals surface area contributed by atoms with Crippen molar-refractivity contribution in [2.45, 2.75) is 51.5 Å². The fourth-order valence-corrected chi connectivity index (χ4v) is 1.74. The summed E-state index contributed by atoms with van der Waals surface area (Å²) in [6.45, 7) is 8.87. The summed E-state index contributed by atoms with van der Waals surface area (Å²) < 4.78 is 5.72. The van der Waals surface area contributed by atoms with Crippen molar-refractivity contribution in [1.29, 1.82) is 5.26 Å². The van der Waals surface area contributed by atoms with Crippen molar-refractivity contribution in [2.24, 2.45) is 5.73 Å². The summed E-state index contributed by atoms with van der Waals surface area (Å²) in [5, 5.41) is 8.82. The van der Waals surface area contributed by atoms with Gasteiger partial charge in [-0.25, -0.2) is 0 Å². The molecule has 0 bridgehead atoms. The van der Waals surface area contributed by atoms with Crippen molar-refractivity contribution >= 4 is 0 Å². The number of nitriles is 1. The highest BCUT2D eigenvalue weighted by atomic mass is 16.5. The van der Waals surface area contributed by atoms with E-state index in [1.807, 2.05) is 12.1 Å². The lowest BCUT2D eigenvalue weighted by molar-refractivity contribution is 0.295. The van der Waals surface area contributed by atoms with E-state index in [1.165, 1.54) is 5.56 Å². The normalized spacial score (nSPS) is 14.5. The molecular formula is C16H24N2O. The van der Waals surface area contributed by atoms with Gasteiger partial charge in [0.1, 0.15) is 11.3 Å². The molecule has 0 spiro atoms. The van der Waals surface area contributed by atoms with Crippen molar-refractivity contribution in [1.82, 2.24) is 0 Å². The zero-order valence-corrected chi connectivity index (χ0v) is 12.4. The van der Waals surface area contributed by atoms with Crippen molar-refractivity contribution in [3.63, 3.8) is 0 Å². The molecule has 1 atom stereocenters. The van der Waals surface area contributed by atoms with Gasteiger partial charge in [-0.05, 0) is 42.9 Å². The summed E-state index contributed by atoms with van der Waals surface area (Å²) in [5.41, 5.74) is 6.38. The van der Waals surface area contributed by atoms with Crippen LogP contribution in [0.4, 0.5) is 0 Å². The highest BCUT2D eigenvalue weighted by Crippen LogP contribution is 2.25. The van der Waals surface area contributed by atoms with Crippen LogP contribution in [-0.4, -0.2) is 12.1 Å². The molecule has 0 aliphatic rings. The first-order valence-electron chi connectivity index (χ1n) is 6.68. The van der Waals surface area contributed by atoms with Gasteiger partial charge in [0.15, 0.2) is 0 Å². The Morgan fingerprint density at radius 3 is 2.53 bits per heavy atom. The van der Waals surface area contributed by atoms with Crippen molar-refractivity contribution < 1.29 is 4.74 Å². The van der Waals surface area contributed by atoms with Gasteiger partial charge in [0, 0.05) is 0 Å². The zero-order valence-electron chi connectivity index (χ0n) is 12.4. The maximum absolute atomic E-state index is 8.82. The third-order valence-corrected chi connectivity index (χ3v) is 3.06. The Morgan fingerprint density at radius 1 is 1.26 bits per heavy atom. The topological polar surface area (TPSA) is 59.0 Å². The van der Waals surface area contributed by atoms with Gasteiger partial charge in [0.25, 0.3) is 0 Å². The van der Waals surface area contributed by atoms with E-state index in [4.69, 9.17) is 15.7 Å². The van der Waals surface area contributed by atoms with Crippen LogP contribution in [0.3, 0.4) is 0 Å². The molecule has 0 aromatic heterocycles. The summed E-state index contributed by atoms with van der Waals surface area (Å²) in [6, 6.07) is 10.2. The number of hydrogen-bond acceptors (Lipinski definition) is 3. The van der Waals surface area contributed by atoms with Crippen LogP contribution in [0.1, 0.15) is 46.1 Å².